The summed E-state index contributed by atoms with van der Waals surface area (Å²) in [7, 11) is 0.449. The molecule has 1 aliphatic heterocycles. The molecule has 0 spiro atoms. The van der Waals surface area contributed by atoms with E-state index in [9.17, 15) is 22.4 Å². The Morgan fingerprint density at radius 1 is 1.28 bits per heavy atom. The number of benzene rings is 1. The van der Waals surface area contributed by atoms with Gasteiger partial charge in [-0.1, -0.05) is 6.07 Å². The summed E-state index contributed by atoms with van der Waals surface area (Å²) in [5.74, 6) is -2.38. The number of hydrogen-bond acceptors (Lipinski definition) is 5. The minimum absolute atomic E-state index is 0.00886. The van der Waals surface area contributed by atoms with Gasteiger partial charge in [0, 0.05) is 24.8 Å². The summed E-state index contributed by atoms with van der Waals surface area (Å²) in [5.41, 5.74) is 0.171. The number of rotatable bonds is 5. The van der Waals surface area contributed by atoms with Crippen LogP contribution in [0.2, 0.25) is 0 Å². The van der Waals surface area contributed by atoms with E-state index in [4.69, 9.17) is 0 Å². The Kier molecular flexibility index (Phi) is 6.12. The fourth-order valence-electron chi connectivity index (χ4n) is 2.66. The van der Waals surface area contributed by atoms with Crippen molar-refractivity contribution < 1.29 is 22.4 Å². The summed E-state index contributed by atoms with van der Waals surface area (Å²) in [4.78, 5) is 27.9. The smallest absolute Gasteiger partial charge is 0.313 e. The summed E-state index contributed by atoms with van der Waals surface area (Å²) in [5, 5.41) is 2.36. The van der Waals surface area contributed by atoms with Crippen LogP contribution in [0.15, 0.2) is 24.3 Å². The fourth-order valence-corrected chi connectivity index (χ4v) is 4.39. The van der Waals surface area contributed by atoms with Gasteiger partial charge in [0.15, 0.2) is 9.84 Å². The Morgan fingerprint density at radius 3 is 2.56 bits per heavy atom. The van der Waals surface area contributed by atoms with Crippen molar-refractivity contribution in [2.24, 2.45) is 0 Å². The summed E-state index contributed by atoms with van der Waals surface area (Å²) < 4.78 is 36.6. The van der Waals surface area contributed by atoms with E-state index in [2.05, 4.69) is 5.32 Å². The maximum atomic E-state index is 13.2. The Labute approximate surface area is 146 Å². The molecule has 1 heterocycles. The van der Waals surface area contributed by atoms with E-state index in [0.717, 1.165) is 6.07 Å². The van der Waals surface area contributed by atoms with Gasteiger partial charge < -0.3 is 15.1 Å². The monoisotopic (exact) mass is 371 g/mol. The van der Waals surface area contributed by atoms with Gasteiger partial charge in [-0.2, -0.15) is 0 Å². The predicted molar refractivity (Wildman–Crippen MR) is 92.4 cm³/mol. The molecular formula is C16H22FN3O4S. The van der Waals surface area contributed by atoms with Crippen molar-refractivity contribution in [3.63, 3.8) is 0 Å². The largest absolute Gasteiger partial charge is 0.329 e. The number of likely N-dealkylation sites (N-methyl/N-ethyl adjacent to an activating group) is 1. The molecule has 2 rings (SSSR count). The summed E-state index contributed by atoms with van der Waals surface area (Å²) in [6, 6.07) is 4.71. The highest BCUT2D eigenvalue weighted by molar-refractivity contribution is 7.91. The number of carbonyl (C=O) groups is 2. The number of carbonyl (C=O) groups excluding carboxylic acids is 2. The maximum Gasteiger partial charge on any atom is 0.313 e. The van der Waals surface area contributed by atoms with E-state index in [0.29, 0.717) is 13.0 Å². The average Bonchev–Trinajstić information content (AvgIpc) is 2.87. The van der Waals surface area contributed by atoms with Crippen molar-refractivity contribution in [1.29, 1.82) is 0 Å². The number of hydrogen-bond donors (Lipinski definition) is 1. The number of nitrogens with one attached hydrogen (secondary N) is 1. The molecule has 0 radical (unpaired) electrons. The summed E-state index contributed by atoms with van der Waals surface area (Å²) >= 11 is 0. The molecule has 1 N–H and O–H groups in total. The molecule has 0 aromatic heterocycles. The van der Waals surface area contributed by atoms with E-state index >= 15 is 0 Å². The topological polar surface area (TPSA) is 86.8 Å². The molecule has 0 bridgehead atoms. The normalized spacial score (nSPS) is 19.0. The fraction of sp³-hybridized carbons (Fsp3) is 0.500. The molecule has 0 aliphatic carbocycles. The highest BCUT2D eigenvalue weighted by Gasteiger charge is 2.36. The van der Waals surface area contributed by atoms with E-state index in [-0.39, 0.29) is 23.7 Å². The number of halogens is 1. The van der Waals surface area contributed by atoms with Crippen LogP contribution in [-0.4, -0.2) is 74.8 Å². The SMILES string of the molecule is CN(C)CCN(C(=O)C(=O)Nc1cccc(F)c1)C1CCS(=O)(=O)C1. The lowest BCUT2D eigenvalue weighted by atomic mass is 10.2. The van der Waals surface area contributed by atoms with E-state index < -0.39 is 33.5 Å². The van der Waals surface area contributed by atoms with Crippen molar-refractivity contribution in [2.45, 2.75) is 12.5 Å². The lowest BCUT2D eigenvalue weighted by Gasteiger charge is -2.28. The summed E-state index contributed by atoms with van der Waals surface area (Å²) in [6.07, 6.45) is 0.314. The van der Waals surface area contributed by atoms with Crippen LogP contribution in [-0.2, 0) is 19.4 Å². The molecule has 1 aromatic carbocycles. The van der Waals surface area contributed by atoms with Gasteiger partial charge in [-0.25, -0.2) is 12.8 Å². The molecular weight excluding hydrogens is 349 g/mol. The second kappa shape index (κ2) is 7.92. The van der Waals surface area contributed by atoms with Gasteiger partial charge >= 0.3 is 11.8 Å². The first-order chi connectivity index (χ1) is 11.7. The zero-order valence-corrected chi connectivity index (χ0v) is 15.1. The van der Waals surface area contributed by atoms with Crippen molar-refractivity contribution in [1.82, 2.24) is 9.80 Å². The van der Waals surface area contributed by atoms with Crippen LogP contribution in [0.25, 0.3) is 0 Å². The molecule has 1 fully saturated rings. The zero-order chi connectivity index (χ0) is 18.6. The number of sulfone groups is 1. The first-order valence-electron chi connectivity index (χ1n) is 7.90. The van der Waals surface area contributed by atoms with Gasteiger partial charge in [-0.3, -0.25) is 9.59 Å². The van der Waals surface area contributed by atoms with Gasteiger partial charge in [0.05, 0.1) is 11.5 Å². The van der Waals surface area contributed by atoms with E-state index in [1.165, 1.54) is 23.1 Å². The second-order valence-electron chi connectivity index (χ2n) is 6.32. The zero-order valence-electron chi connectivity index (χ0n) is 14.2. The first-order valence-corrected chi connectivity index (χ1v) is 9.73. The van der Waals surface area contributed by atoms with E-state index in [1.54, 1.807) is 0 Å². The van der Waals surface area contributed by atoms with Crippen LogP contribution in [0, 0.1) is 5.82 Å². The van der Waals surface area contributed by atoms with Crippen molar-refractivity contribution in [3.05, 3.63) is 30.1 Å². The highest BCUT2D eigenvalue weighted by atomic mass is 32.2. The number of amides is 2. The van der Waals surface area contributed by atoms with Gasteiger partial charge in [0.25, 0.3) is 0 Å². The molecule has 1 aromatic rings. The van der Waals surface area contributed by atoms with Crippen LogP contribution >= 0.6 is 0 Å². The summed E-state index contributed by atoms with van der Waals surface area (Å²) in [6.45, 7) is 0.734. The third kappa shape index (κ3) is 5.50. The third-order valence-corrected chi connectivity index (χ3v) is 5.73. The molecule has 1 unspecified atom stereocenters. The molecule has 1 atom stereocenters. The van der Waals surface area contributed by atoms with Crippen LogP contribution in [0.3, 0.4) is 0 Å². The lowest BCUT2D eigenvalue weighted by molar-refractivity contribution is -0.144. The number of anilines is 1. The van der Waals surface area contributed by atoms with Crippen molar-refractivity contribution in [2.75, 3.05) is 44.0 Å². The second-order valence-corrected chi connectivity index (χ2v) is 8.55. The predicted octanol–water partition coefficient (Wildman–Crippen LogP) is 0.342. The molecule has 138 valence electrons. The Bertz CT molecular complexity index is 752. The molecule has 0 saturated carbocycles. The molecule has 25 heavy (non-hydrogen) atoms. The molecule has 1 aliphatic rings. The van der Waals surface area contributed by atoms with Gasteiger partial charge in [0.2, 0.25) is 0 Å². The molecule has 1 saturated heterocycles. The number of nitrogens with zero attached hydrogens (tertiary/aromatic N) is 2. The van der Waals surface area contributed by atoms with E-state index in [1.807, 2.05) is 19.0 Å². The average molecular weight is 371 g/mol. The first kappa shape index (κ1) is 19.3. The van der Waals surface area contributed by atoms with Crippen LogP contribution in [0.5, 0.6) is 0 Å². The van der Waals surface area contributed by atoms with Gasteiger partial charge in [-0.05, 0) is 38.7 Å². The Balaban J connectivity index is 2.12. The molecule has 7 nitrogen and oxygen atoms in total. The quantitative estimate of drug-likeness (QED) is 0.755. The maximum absolute atomic E-state index is 13.2. The van der Waals surface area contributed by atoms with Crippen LogP contribution < -0.4 is 5.32 Å². The lowest BCUT2D eigenvalue weighted by Crippen LogP contribution is -2.48. The standard InChI is InChI=1S/C16H22FN3O4S/c1-19(2)7-8-20(14-6-9-25(23,24)11-14)16(22)15(21)18-13-5-3-4-12(17)10-13/h3-5,10,14H,6-9,11H2,1-2H3,(H,18,21). The van der Waals surface area contributed by atoms with Crippen LogP contribution in [0.1, 0.15) is 6.42 Å². The Hall–Kier alpha value is -2.00. The molecule has 9 heteroatoms. The Morgan fingerprint density at radius 2 is 2.00 bits per heavy atom. The van der Waals surface area contributed by atoms with Crippen LogP contribution in [0.4, 0.5) is 10.1 Å². The van der Waals surface area contributed by atoms with Gasteiger partial charge in [0.1, 0.15) is 5.82 Å². The van der Waals surface area contributed by atoms with Gasteiger partial charge in [-0.15, -0.1) is 0 Å². The van der Waals surface area contributed by atoms with Crippen molar-refractivity contribution >= 4 is 27.3 Å². The minimum Gasteiger partial charge on any atom is -0.329 e. The minimum atomic E-state index is -3.19. The third-order valence-electron chi connectivity index (χ3n) is 3.97. The molecule has 2 amide bonds. The van der Waals surface area contributed by atoms with Crippen molar-refractivity contribution in [3.8, 4) is 0 Å². The highest BCUT2D eigenvalue weighted by Crippen LogP contribution is 2.18.